The van der Waals surface area contributed by atoms with Crippen molar-refractivity contribution < 1.29 is 13.9 Å². The molecule has 0 aromatic carbocycles. The summed E-state index contributed by atoms with van der Waals surface area (Å²) in [7, 11) is 0. The van der Waals surface area contributed by atoms with Gasteiger partial charge in [-0.05, 0) is 19.3 Å². The summed E-state index contributed by atoms with van der Waals surface area (Å²) in [6.07, 6.45) is 5.23. The van der Waals surface area contributed by atoms with Crippen molar-refractivity contribution in [1.82, 2.24) is 14.9 Å². The molecule has 0 unspecified atom stereocenters. The highest BCUT2D eigenvalue weighted by atomic mass is 19.1. The second kappa shape index (κ2) is 5.46. The lowest BCUT2D eigenvalue weighted by molar-refractivity contribution is -0.136. The molecule has 1 aromatic heterocycles. The molecule has 1 aromatic rings. The summed E-state index contributed by atoms with van der Waals surface area (Å²) in [6.45, 7) is 2.99. The van der Waals surface area contributed by atoms with Gasteiger partial charge in [-0.15, -0.1) is 0 Å². The molecule has 3 saturated heterocycles. The van der Waals surface area contributed by atoms with E-state index in [0.29, 0.717) is 19.0 Å². The fourth-order valence-corrected chi connectivity index (χ4v) is 3.72. The van der Waals surface area contributed by atoms with Gasteiger partial charge in [0.2, 0.25) is 11.9 Å². The number of halogens is 1. The molecule has 0 radical (unpaired) electrons. The first kappa shape index (κ1) is 13.9. The molecule has 3 atom stereocenters. The quantitative estimate of drug-likeness (QED) is 0.810. The number of nitrogens with zero attached hydrogens (tertiary/aromatic N) is 4. The maximum atomic E-state index is 12.9. The number of likely N-dealkylation sites (tertiary alicyclic amines) is 1. The van der Waals surface area contributed by atoms with Crippen molar-refractivity contribution in [3.63, 3.8) is 0 Å². The van der Waals surface area contributed by atoms with Crippen LogP contribution in [-0.4, -0.2) is 59.2 Å². The topological polar surface area (TPSA) is 58.6 Å². The highest BCUT2D eigenvalue weighted by Crippen LogP contribution is 2.34. The fourth-order valence-electron chi connectivity index (χ4n) is 3.72. The highest BCUT2D eigenvalue weighted by molar-refractivity contribution is 5.80. The van der Waals surface area contributed by atoms with E-state index in [4.69, 9.17) is 4.74 Å². The van der Waals surface area contributed by atoms with E-state index in [9.17, 15) is 9.18 Å². The van der Waals surface area contributed by atoms with Gasteiger partial charge in [-0.25, -0.2) is 14.4 Å². The van der Waals surface area contributed by atoms with Crippen molar-refractivity contribution in [3.05, 3.63) is 18.2 Å². The molecule has 0 N–H and O–H groups in total. The Morgan fingerprint density at radius 1 is 1.23 bits per heavy atom. The molecule has 0 saturated carbocycles. The number of anilines is 1. The highest BCUT2D eigenvalue weighted by Gasteiger charge is 2.46. The molecule has 0 spiro atoms. The van der Waals surface area contributed by atoms with E-state index in [1.807, 2.05) is 9.80 Å². The maximum Gasteiger partial charge on any atom is 0.228 e. The summed E-state index contributed by atoms with van der Waals surface area (Å²) in [5.74, 6) is 0.233. The average Bonchev–Trinajstić information content (AvgIpc) is 3.15. The minimum Gasteiger partial charge on any atom is -0.370 e. The van der Waals surface area contributed by atoms with Crippen LogP contribution in [0.15, 0.2) is 12.4 Å². The smallest absolute Gasteiger partial charge is 0.228 e. The lowest BCUT2D eigenvalue weighted by atomic mass is 9.99. The Morgan fingerprint density at radius 3 is 2.68 bits per heavy atom. The van der Waals surface area contributed by atoms with Crippen LogP contribution in [0.5, 0.6) is 0 Å². The van der Waals surface area contributed by atoms with Crippen LogP contribution in [0.3, 0.4) is 0 Å². The third kappa shape index (κ3) is 2.43. The Balaban J connectivity index is 1.47. The first-order valence-electron chi connectivity index (χ1n) is 7.87. The number of hydrogen-bond donors (Lipinski definition) is 0. The zero-order valence-corrected chi connectivity index (χ0v) is 12.3. The van der Waals surface area contributed by atoms with E-state index in [1.165, 1.54) is 12.4 Å². The van der Waals surface area contributed by atoms with E-state index in [2.05, 4.69) is 9.97 Å². The van der Waals surface area contributed by atoms with E-state index in [0.717, 1.165) is 32.4 Å². The van der Waals surface area contributed by atoms with E-state index >= 15 is 0 Å². The second-order valence-electron chi connectivity index (χ2n) is 6.28. The lowest BCUT2D eigenvalue weighted by Crippen LogP contribution is -2.46. The van der Waals surface area contributed by atoms with Gasteiger partial charge in [0.15, 0.2) is 5.82 Å². The number of amides is 1. The van der Waals surface area contributed by atoms with Crippen LogP contribution in [-0.2, 0) is 9.53 Å². The van der Waals surface area contributed by atoms with Crippen molar-refractivity contribution in [3.8, 4) is 0 Å². The number of fused-ring (bicyclic) bond motifs is 2. The van der Waals surface area contributed by atoms with E-state index in [1.54, 1.807) is 0 Å². The number of morpholine rings is 1. The van der Waals surface area contributed by atoms with Crippen LogP contribution in [0.4, 0.5) is 10.3 Å². The van der Waals surface area contributed by atoms with Gasteiger partial charge in [0.1, 0.15) is 0 Å². The Kier molecular flexibility index (Phi) is 3.44. The van der Waals surface area contributed by atoms with Gasteiger partial charge in [-0.3, -0.25) is 4.79 Å². The van der Waals surface area contributed by atoms with Gasteiger partial charge in [0, 0.05) is 26.2 Å². The number of hydrogen-bond acceptors (Lipinski definition) is 5. The first-order chi connectivity index (χ1) is 10.7. The molecule has 6 nitrogen and oxygen atoms in total. The van der Waals surface area contributed by atoms with E-state index in [-0.39, 0.29) is 24.0 Å². The Morgan fingerprint density at radius 2 is 1.95 bits per heavy atom. The maximum absolute atomic E-state index is 12.9. The molecular weight excluding hydrogens is 287 g/mol. The lowest BCUT2D eigenvalue weighted by Gasteiger charge is -2.33. The SMILES string of the molecule is O=C([C@@H]1C[C@H]2CN(c3ncc(F)cn3)C[C@@H]1O2)N1CCCC1. The Hall–Kier alpha value is -1.76. The zero-order chi connectivity index (χ0) is 15.1. The first-order valence-corrected chi connectivity index (χ1v) is 7.87. The molecule has 4 heterocycles. The third-order valence-corrected chi connectivity index (χ3v) is 4.78. The van der Waals surface area contributed by atoms with Crippen LogP contribution in [0.25, 0.3) is 0 Å². The van der Waals surface area contributed by atoms with Crippen LogP contribution in [0.2, 0.25) is 0 Å². The molecule has 1 amide bonds. The zero-order valence-electron chi connectivity index (χ0n) is 12.3. The normalized spacial score (nSPS) is 30.9. The largest absolute Gasteiger partial charge is 0.370 e. The molecule has 3 aliphatic heterocycles. The van der Waals surface area contributed by atoms with Gasteiger partial charge in [0.25, 0.3) is 0 Å². The standard InChI is InChI=1S/C15H19FN4O2/c16-10-6-17-15(18-7-10)20-8-11-5-12(13(9-20)22-11)14(21)19-3-1-2-4-19/h6-7,11-13H,1-5,8-9H2/t11-,12+,13-/m0/s1. The number of carbonyl (C=O) groups is 1. The summed E-state index contributed by atoms with van der Waals surface area (Å²) in [5, 5.41) is 0. The molecule has 3 fully saturated rings. The van der Waals surface area contributed by atoms with Gasteiger partial charge in [0.05, 0.1) is 30.5 Å². The van der Waals surface area contributed by atoms with Crippen LogP contribution in [0.1, 0.15) is 19.3 Å². The minimum absolute atomic E-state index is 0.0314. The monoisotopic (exact) mass is 306 g/mol. The molecule has 118 valence electrons. The van der Waals surface area contributed by atoms with Gasteiger partial charge >= 0.3 is 0 Å². The number of rotatable bonds is 2. The number of ether oxygens (including phenoxy) is 1. The molecule has 4 rings (SSSR count). The second-order valence-corrected chi connectivity index (χ2v) is 6.28. The fraction of sp³-hybridized carbons (Fsp3) is 0.667. The van der Waals surface area contributed by atoms with Crippen LogP contribution >= 0.6 is 0 Å². The van der Waals surface area contributed by atoms with Crippen LogP contribution in [0, 0.1) is 11.7 Å². The van der Waals surface area contributed by atoms with Gasteiger partial charge < -0.3 is 14.5 Å². The van der Waals surface area contributed by atoms with Crippen molar-refractivity contribution in [2.45, 2.75) is 31.5 Å². The van der Waals surface area contributed by atoms with Crippen molar-refractivity contribution >= 4 is 11.9 Å². The van der Waals surface area contributed by atoms with Crippen LogP contribution < -0.4 is 4.90 Å². The molecule has 0 aliphatic carbocycles. The Bertz CT molecular complexity index is 561. The summed E-state index contributed by atoms with van der Waals surface area (Å²) in [4.78, 5) is 24.7. The molecular formula is C15H19FN4O2. The predicted molar refractivity (Wildman–Crippen MR) is 76.8 cm³/mol. The summed E-state index contributed by atoms with van der Waals surface area (Å²) in [6, 6.07) is 0. The van der Waals surface area contributed by atoms with Crippen molar-refractivity contribution in [2.75, 3.05) is 31.1 Å². The van der Waals surface area contributed by atoms with Crippen molar-refractivity contribution in [1.29, 1.82) is 0 Å². The summed E-state index contributed by atoms with van der Waals surface area (Å²) >= 11 is 0. The third-order valence-electron chi connectivity index (χ3n) is 4.78. The predicted octanol–water partition coefficient (Wildman–Crippen LogP) is 0.832. The summed E-state index contributed by atoms with van der Waals surface area (Å²) < 4.78 is 18.9. The number of carbonyl (C=O) groups excluding carboxylic acids is 1. The number of aromatic nitrogens is 2. The van der Waals surface area contributed by atoms with Gasteiger partial charge in [-0.1, -0.05) is 0 Å². The molecule has 22 heavy (non-hydrogen) atoms. The molecule has 3 aliphatic rings. The summed E-state index contributed by atoms with van der Waals surface area (Å²) in [5.41, 5.74) is 0. The van der Waals surface area contributed by atoms with Crippen molar-refractivity contribution in [2.24, 2.45) is 5.92 Å². The van der Waals surface area contributed by atoms with Gasteiger partial charge in [-0.2, -0.15) is 0 Å². The average molecular weight is 306 g/mol. The molecule has 7 heteroatoms. The minimum atomic E-state index is -0.443. The Labute approximate surface area is 128 Å². The van der Waals surface area contributed by atoms with E-state index < -0.39 is 5.82 Å². The molecule has 2 bridgehead atoms.